The van der Waals surface area contributed by atoms with Crippen LogP contribution in [0.2, 0.25) is 0 Å². The van der Waals surface area contributed by atoms with Crippen molar-refractivity contribution in [2.75, 3.05) is 26.4 Å². The van der Waals surface area contributed by atoms with Crippen molar-refractivity contribution in [1.82, 2.24) is 21.3 Å². The minimum absolute atomic E-state index is 0.248. The number of aliphatic carboxylic acids is 1. The van der Waals surface area contributed by atoms with Crippen LogP contribution in [0.25, 0.3) is 0 Å². The lowest BCUT2D eigenvalue weighted by Crippen LogP contribution is -2.44. The molecule has 0 spiro atoms. The predicted molar refractivity (Wildman–Crippen MR) is 75.9 cm³/mol. The molecule has 130 valence electrons. The maximum Gasteiger partial charge on any atom is 0.332 e. The molecule has 23 heavy (non-hydrogen) atoms. The highest BCUT2D eigenvalue weighted by molar-refractivity contribution is 5.89. The first kappa shape index (κ1) is 20.3. The quantitative estimate of drug-likeness (QED) is 0.265. The van der Waals surface area contributed by atoms with Gasteiger partial charge in [0.05, 0.1) is 19.6 Å². The molecule has 11 nitrogen and oxygen atoms in total. The molecule has 0 radical (unpaired) electrons. The summed E-state index contributed by atoms with van der Waals surface area (Å²) in [5, 5.41) is 17.5. The molecule has 0 saturated carbocycles. The molecule has 0 aromatic carbocycles. The van der Waals surface area contributed by atoms with Crippen LogP contribution in [0.15, 0.2) is 0 Å². The van der Waals surface area contributed by atoms with Gasteiger partial charge in [0.25, 0.3) is 0 Å². The summed E-state index contributed by atoms with van der Waals surface area (Å²) < 4.78 is 4.77. The summed E-state index contributed by atoms with van der Waals surface area (Å²) in [6.07, 6.45) is -1.07. The number of ether oxygens (including phenoxy) is 1. The zero-order valence-electron chi connectivity index (χ0n) is 12.8. The molecule has 0 fully saturated rings. The molecule has 4 amide bonds. The molecule has 0 aromatic heterocycles. The number of hydrogen-bond donors (Lipinski definition) is 5. The zero-order valence-corrected chi connectivity index (χ0v) is 12.8. The Morgan fingerprint density at radius 3 is 1.74 bits per heavy atom. The lowest BCUT2D eigenvalue weighted by molar-refractivity contribution is -0.150. The van der Waals surface area contributed by atoms with Crippen LogP contribution in [-0.2, 0) is 28.7 Å². The van der Waals surface area contributed by atoms with E-state index in [9.17, 15) is 24.0 Å². The summed E-state index contributed by atoms with van der Waals surface area (Å²) in [5.74, 6) is -3.27. The third kappa shape index (κ3) is 11.6. The molecule has 1 atom stereocenters. The fraction of sp³-hybridized carbons (Fsp3) is 0.583. The van der Waals surface area contributed by atoms with Crippen molar-refractivity contribution in [2.45, 2.75) is 20.0 Å². The van der Waals surface area contributed by atoms with Crippen LogP contribution in [0.5, 0.6) is 0 Å². The van der Waals surface area contributed by atoms with E-state index in [2.05, 4.69) is 21.3 Å². The van der Waals surface area contributed by atoms with E-state index < -0.39 is 29.8 Å². The molecule has 0 aliphatic rings. The number of nitrogens with one attached hydrogen (secondary N) is 4. The molecule has 0 saturated heterocycles. The SMILES string of the molecule is CC(=O)NCC(=O)NCC(=O)NCC(=O)NCOC(C)C(=O)O. The van der Waals surface area contributed by atoms with Gasteiger partial charge in [-0.2, -0.15) is 0 Å². The van der Waals surface area contributed by atoms with Gasteiger partial charge in [0.1, 0.15) is 6.73 Å². The summed E-state index contributed by atoms with van der Waals surface area (Å²) in [6.45, 7) is 1.29. The van der Waals surface area contributed by atoms with Crippen LogP contribution >= 0.6 is 0 Å². The highest BCUT2D eigenvalue weighted by atomic mass is 16.5. The van der Waals surface area contributed by atoms with Gasteiger partial charge >= 0.3 is 5.97 Å². The molecule has 0 rings (SSSR count). The second-order valence-corrected chi connectivity index (χ2v) is 4.35. The van der Waals surface area contributed by atoms with Crippen molar-refractivity contribution in [1.29, 1.82) is 0 Å². The van der Waals surface area contributed by atoms with Crippen LogP contribution in [0.4, 0.5) is 0 Å². The molecular formula is C12H20N4O7. The summed E-state index contributed by atoms with van der Waals surface area (Å²) in [4.78, 5) is 54.9. The minimum atomic E-state index is -1.16. The lowest BCUT2D eigenvalue weighted by atomic mass is 10.4. The maximum absolute atomic E-state index is 11.4. The Morgan fingerprint density at radius 1 is 0.870 bits per heavy atom. The summed E-state index contributed by atoms with van der Waals surface area (Å²) >= 11 is 0. The average molecular weight is 332 g/mol. The van der Waals surface area contributed by atoms with Crippen LogP contribution < -0.4 is 21.3 Å². The minimum Gasteiger partial charge on any atom is -0.479 e. The van der Waals surface area contributed by atoms with E-state index in [0.29, 0.717) is 0 Å². The van der Waals surface area contributed by atoms with Crippen LogP contribution in [0, 0.1) is 0 Å². The van der Waals surface area contributed by atoms with Crippen molar-refractivity contribution in [3.63, 3.8) is 0 Å². The summed E-state index contributed by atoms with van der Waals surface area (Å²) in [6, 6.07) is 0. The number of carbonyl (C=O) groups is 5. The highest BCUT2D eigenvalue weighted by Crippen LogP contribution is 1.87. The van der Waals surface area contributed by atoms with Crippen LogP contribution in [0.3, 0.4) is 0 Å². The van der Waals surface area contributed by atoms with Crippen LogP contribution in [0.1, 0.15) is 13.8 Å². The number of carbonyl (C=O) groups excluding carboxylic acids is 4. The van der Waals surface area contributed by atoms with Gasteiger partial charge < -0.3 is 31.1 Å². The summed E-state index contributed by atoms with van der Waals surface area (Å²) in [7, 11) is 0. The number of carboxylic acid groups (broad SMARTS) is 1. The van der Waals surface area contributed by atoms with E-state index in [1.165, 1.54) is 13.8 Å². The third-order valence-electron chi connectivity index (χ3n) is 2.34. The number of amides is 4. The van der Waals surface area contributed by atoms with Crippen molar-refractivity contribution < 1.29 is 33.8 Å². The Balaban J connectivity index is 3.75. The monoisotopic (exact) mass is 332 g/mol. The highest BCUT2D eigenvalue weighted by Gasteiger charge is 2.11. The van der Waals surface area contributed by atoms with Crippen LogP contribution in [-0.4, -0.2) is 67.2 Å². The van der Waals surface area contributed by atoms with Gasteiger partial charge in [-0.05, 0) is 6.92 Å². The molecule has 0 aliphatic heterocycles. The average Bonchev–Trinajstić information content (AvgIpc) is 2.48. The first-order valence-electron chi connectivity index (χ1n) is 6.61. The largest absolute Gasteiger partial charge is 0.479 e. The fourth-order valence-corrected chi connectivity index (χ4v) is 1.07. The van der Waals surface area contributed by atoms with Crippen molar-refractivity contribution in [2.24, 2.45) is 0 Å². The predicted octanol–water partition coefficient (Wildman–Crippen LogP) is -3.08. The number of carboxylic acids is 1. The van der Waals surface area contributed by atoms with Crippen molar-refractivity contribution >= 4 is 29.6 Å². The molecule has 5 N–H and O–H groups in total. The Kier molecular flexibility index (Phi) is 9.67. The smallest absolute Gasteiger partial charge is 0.332 e. The molecule has 0 aromatic rings. The van der Waals surface area contributed by atoms with E-state index in [4.69, 9.17) is 9.84 Å². The molecular weight excluding hydrogens is 312 g/mol. The second-order valence-electron chi connectivity index (χ2n) is 4.35. The normalized spacial score (nSPS) is 11.0. The Hall–Kier alpha value is -2.69. The molecule has 0 aliphatic carbocycles. The van der Waals surface area contributed by atoms with Gasteiger partial charge in [0.2, 0.25) is 23.6 Å². The molecule has 1 unspecified atom stereocenters. The van der Waals surface area contributed by atoms with Gasteiger partial charge in [-0.3, -0.25) is 19.2 Å². The summed E-state index contributed by atoms with van der Waals surface area (Å²) in [5.41, 5.74) is 0. The van der Waals surface area contributed by atoms with E-state index in [0.717, 1.165) is 0 Å². The zero-order chi connectivity index (χ0) is 17.8. The van der Waals surface area contributed by atoms with E-state index in [1.54, 1.807) is 0 Å². The first-order chi connectivity index (χ1) is 10.7. The van der Waals surface area contributed by atoms with Crippen molar-refractivity contribution in [3.05, 3.63) is 0 Å². The van der Waals surface area contributed by atoms with Gasteiger partial charge in [-0.1, -0.05) is 0 Å². The Morgan fingerprint density at radius 2 is 1.30 bits per heavy atom. The van der Waals surface area contributed by atoms with Crippen molar-refractivity contribution in [3.8, 4) is 0 Å². The first-order valence-corrected chi connectivity index (χ1v) is 6.61. The third-order valence-corrected chi connectivity index (χ3v) is 2.34. The standard InChI is InChI=1S/C12H20N4O7/c1-7(12(21)22)23-6-16-11(20)5-15-10(19)4-14-9(18)3-13-8(2)17/h7H,3-6H2,1-2H3,(H,13,17)(H,14,18)(H,15,19)(H,16,20)(H,21,22). The van der Waals surface area contributed by atoms with Gasteiger partial charge in [0.15, 0.2) is 6.10 Å². The van der Waals surface area contributed by atoms with E-state index in [1.807, 2.05) is 0 Å². The van der Waals surface area contributed by atoms with Gasteiger partial charge in [-0.25, -0.2) is 4.79 Å². The van der Waals surface area contributed by atoms with E-state index >= 15 is 0 Å². The van der Waals surface area contributed by atoms with E-state index in [-0.39, 0.29) is 32.3 Å². The Labute approximate surface area is 132 Å². The second kappa shape index (κ2) is 11.0. The maximum atomic E-state index is 11.4. The lowest BCUT2D eigenvalue weighted by Gasteiger charge is -2.10. The van der Waals surface area contributed by atoms with Gasteiger partial charge in [-0.15, -0.1) is 0 Å². The topological polar surface area (TPSA) is 163 Å². The molecule has 11 heteroatoms. The number of rotatable bonds is 10. The fourth-order valence-electron chi connectivity index (χ4n) is 1.07. The molecule has 0 bridgehead atoms. The molecule has 0 heterocycles. The van der Waals surface area contributed by atoms with Gasteiger partial charge in [0, 0.05) is 6.92 Å². The Bertz CT molecular complexity index is 466. The number of hydrogen-bond acceptors (Lipinski definition) is 6.